The molecule has 0 heterocycles. The molecule has 0 aliphatic carbocycles. The van der Waals surface area contributed by atoms with Crippen LogP contribution in [0.2, 0.25) is 0 Å². The number of hydrogen-bond donors (Lipinski definition) is 1. The summed E-state index contributed by atoms with van der Waals surface area (Å²) in [6.07, 6.45) is 3.17. The SMILES string of the molecule is CSSCCc1cc(C(C)(C)C)c(O)c(C(C)(C)C)c1. The van der Waals surface area contributed by atoms with Crippen molar-refractivity contribution in [1.29, 1.82) is 0 Å². The van der Waals surface area contributed by atoms with Crippen LogP contribution in [0.4, 0.5) is 0 Å². The van der Waals surface area contributed by atoms with E-state index in [4.69, 9.17) is 0 Å². The summed E-state index contributed by atoms with van der Waals surface area (Å²) in [4.78, 5) is 0. The van der Waals surface area contributed by atoms with E-state index in [1.165, 1.54) is 5.56 Å². The average molecular weight is 313 g/mol. The molecule has 1 nitrogen and oxygen atoms in total. The normalized spacial score (nSPS) is 12.8. The topological polar surface area (TPSA) is 20.2 Å². The van der Waals surface area contributed by atoms with Crippen molar-refractivity contribution in [1.82, 2.24) is 0 Å². The first kappa shape index (κ1) is 17.8. The van der Waals surface area contributed by atoms with Crippen molar-refractivity contribution < 1.29 is 5.11 Å². The summed E-state index contributed by atoms with van der Waals surface area (Å²) in [6.45, 7) is 13.0. The Kier molecular flexibility index (Phi) is 5.91. The van der Waals surface area contributed by atoms with Gasteiger partial charge in [0.2, 0.25) is 0 Å². The fourth-order valence-electron chi connectivity index (χ4n) is 2.22. The molecular weight excluding hydrogens is 284 g/mol. The third kappa shape index (κ3) is 4.63. The predicted octanol–water partition coefficient (Wildman–Crippen LogP) is 5.54. The Morgan fingerprint density at radius 3 is 1.75 bits per heavy atom. The van der Waals surface area contributed by atoms with Crippen molar-refractivity contribution in [3.63, 3.8) is 0 Å². The van der Waals surface area contributed by atoms with E-state index in [0.29, 0.717) is 5.75 Å². The number of benzene rings is 1. The lowest BCUT2D eigenvalue weighted by Crippen LogP contribution is -2.18. The number of hydrogen-bond acceptors (Lipinski definition) is 3. The second kappa shape index (κ2) is 6.65. The number of aryl methyl sites for hydroxylation is 1. The molecule has 0 bridgehead atoms. The minimum Gasteiger partial charge on any atom is -0.507 e. The highest BCUT2D eigenvalue weighted by Gasteiger charge is 2.26. The highest BCUT2D eigenvalue weighted by molar-refractivity contribution is 8.76. The van der Waals surface area contributed by atoms with Gasteiger partial charge in [0.25, 0.3) is 0 Å². The van der Waals surface area contributed by atoms with E-state index < -0.39 is 0 Å². The summed E-state index contributed by atoms with van der Waals surface area (Å²) in [5, 5.41) is 10.6. The van der Waals surface area contributed by atoms with Gasteiger partial charge in [-0.2, -0.15) is 0 Å². The van der Waals surface area contributed by atoms with Crippen LogP contribution in [0.1, 0.15) is 58.2 Å². The van der Waals surface area contributed by atoms with Crippen LogP contribution in [0.25, 0.3) is 0 Å². The van der Waals surface area contributed by atoms with E-state index in [0.717, 1.165) is 23.3 Å². The van der Waals surface area contributed by atoms with Crippen molar-refractivity contribution in [3.8, 4) is 5.75 Å². The third-order valence-electron chi connectivity index (χ3n) is 3.38. The monoisotopic (exact) mass is 312 g/mol. The Balaban J connectivity index is 3.28. The van der Waals surface area contributed by atoms with E-state index in [9.17, 15) is 5.11 Å². The van der Waals surface area contributed by atoms with Crippen LogP contribution >= 0.6 is 21.6 Å². The summed E-state index contributed by atoms with van der Waals surface area (Å²) < 4.78 is 0. The van der Waals surface area contributed by atoms with Gasteiger partial charge in [0, 0.05) is 5.75 Å². The minimum atomic E-state index is -0.0350. The van der Waals surface area contributed by atoms with Gasteiger partial charge in [-0.05, 0) is 40.2 Å². The first-order chi connectivity index (χ1) is 9.07. The maximum Gasteiger partial charge on any atom is 0.123 e. The minimum absolute atomic E-state index is 0.0350. The molecule has 0 fully saturated rings. The molecule has 1 aromatic carbocycles. The van der Waals surface area contributed by atoms with Gasteiger partial charge in [0.15, 0.2) is 0 Å². The lowest BCUT2D eigenvalue weighted by Gasteiger charge is -2.28. The molecule has 0 saturated heterocycles. The summed E-state index contributed by atoms with van der Waals surface area (Å²) in [7, 11) is 3.70. The lowest BCUT2D eigenvalue weighted by atomic mass is 9.78. The molecule has 0 aliphatic rings. The fourth-order valence-corrected chi connectivity index (χ4v) is 3.46. The van der Waals surface area contributed by atoms with Crippen molar-refractivity contribution in [2.75, 3.05) is 12.0 Å². The first-order valence-corrected chi connectivity index (χ1v) is 9.82. The summed E-state index contributed by atoms with van der Waals surface area (Å²) in [5.41, 5.74) is 3.39. The Morgan fingerprint density at radius 1 is 0.950 bits per heavy atom. The van der Waals surface area contributed by atoms with Crippen LogP contribution in [0, 0.1) is 0 Å². The number of phenolic OH excluding ortho intramolecular Hbond substituents is 1. The first-order valence-electron chi connectivity index (χ1n) is 7.10. The molecule has 0 aliphatic heterocycles. The largest absolute Gasteiger partial charge is 0.507 e. The highest BCUT2D eigenvalue weighted by atomic mass is 33.1. The van der Waals surface area contributed by atoms with Crippen molar-refractivity contribution >= 4 is 21.6 Å². The Morgan fingerprint density at radius 2 is 1.40 bits per heavy atom. The van der Waals surface area contributed by atoms with E-state index in [-0.39, 0.29) is 10.8 Å². The van der Waals surface area contributed by atoms with Crippen LogP contribution in [0.15, 0.2) is 12.1 Å². The Labute approximate surface area is 132 Å². The molecule has 0 radical (unpaired) electrons. The van der Waals surface area contributed by atoms with Crippen molar-refractivity contribution in [3.05, 3.63) is 28.8 Å². The summed E-state index contributed by atoms with van der Waals surface area (Å²) in [6, 6.07) is 4.37. The van der Waals surface area contributed by atoms with Gasteiger partial charge >= 0.3 is 0 Å². The molecule has 20 heavy (non-hydrogen) atoms. The summed E-state index contributed by atoms with van der Waals surface area (Å²) in [5.74, 6) is 1.59. The predicted molar refractivity (Wildman–Crippen MR) is 95.2 cm³/mol. The van der Waals surface area contributed by atoms with Gasteiger partial charge in [-0.3, -0.25) is 0 Å². The number of phenols is 1. The number of aromatic hydroxyl groups is 1. The molecule has 0 unspecified atom stereocenters. The van der Waals surface area contributed by atoms with Gasteiger partial charge in [-0.1, -0.05) is 75.3 Å². The average Bonchev–Trinajstić information content (AvgIpc) is 2.28. The Hall–Kier alpha value is -0.280. The fraction of sp³-hybridized carbons (Fsp3) is 0.647. The van der Waals surface area contributed by atoms with Crippen molar-refractivity contribution in [2.45, 2.75) is 58.8 Å². The second-order valence-corrected chi connectivity index (χ2v) is 9.96. The molecule has 114 valence electrons. The molecule has 0 spiro atoms. The second-order valence-electron chi connectivity index (χ2n) is 7.28. The zero-order chi connectivity index (χ0) is 15.6. The molecule has 1 rings (SSSR count). The van der Waals surface area contributed by atoms with E-state index in [2.05, 4.69) is 59.9 Å². The zero-order valence-corrected chi connectivity index (χ0v) is 15.5. The van der Waals surface area contributed by atoms with Gasteiger partial charge in [0.05, 0.1) is 0 Å². The van der Waals surface area contributed by atoms with Gasteiger partial charge in [-0.25, -0.2) is 0 Å². The smallest absolute Gasteiger partial charge is 0.123 e. The molecule has 0 amide bonds. The highest BCUT2D eigenvalue weighted by Crippen LogP contribution is 2.40. The zero-order valence-electron chi connectivity index (χ0n) is 13.8. The molecular formula is C17H28OS2. The maximum atomic E-state index is 10.6. The lowest BCUT2D eigenvalue weighted by molar-refractivity contribution is 0.423. The third-order valence-corrected chi connectivity index (χ3v) is 5.19. The van der Waals surface area contributed by atoms with E-state index in [1.807, 2.05) is 21.6 Å². The quantitative estimate of drug-likeness (QED) is 0.582. The number of rotatable bonds is 4. The van der Waals surface area contributed by atoms with Crippen LogP contribution in [0.3, 0.4) is 0 Å². The van der Waals surface area contributed by atoms with Gasteiger partial charge < -0.3 is 5.11 Å². The maximum absolute atomic E-state index is 10.6. The van der Waals surface area contributed by atoms with E-state index >= 15 is 0 Å². The van der Waals surface area contributed by atoms with Crippen LogP contribution in [0.5, 0.6) is 5.75 Å². The molecule has 3 heteroatoms. The van der Waals surface area contributed by atoms with E-state index in [1.54, 1.807) is 0 Å². The van der Waals surface area contributed by atoms with Gasteiger partial charge in [-0.15, -0.1) is 0 Å². The molecule has 0 saturated carbocycles. The van der Waals surface area contributed by atoms with Crippen LogP contribution in [-0.4, -0.2) is 17.1 Å². The summed E-state index contributed by atoms with van der Waals surface area (Å²) >= 11 is 0. The van der Waals surface area contributed by atoms with Crippen molar-refractivity contribution in [2.24, 2.45) is 0 Å². The molecule has 1 N–H and O–H groups in total. The molecule has 1 aromatic rings. The Bertz CT molecular complexity index is 418. The van der Waals surface area contributed by atoms with Crippen LogP contribution in [-0.2, 0) is 17.3 Å². The molecule has 0 atom stereocenters. The molecule has 0 aromatic heterocycles. The van der Waals surface area contributed by atoms with Gasteiger partial charge in [0.1, 0.15) is 5.75 Å². The standard InChI is InChI=1S/C17H28OS2/c1-16(2,3)13-10-12(8-9-20-19-7)11-14(15(13)18)17(4,5)6/h10-11,18H,8-9H2,1-7H3. The van der Waals surface area contributed by atoms with Crippen LogP contribution < -0.4 is 0 Å².